The molecule has 0 amide bonds. The van der Waals surface area contributed by atoms with Crippen molar-refractivity contribution in [3.05, 3.63) is 100 Å². The van der Waals surface area contributed by atoms with Crippen LogP contribution in [-0.4, -0.2) is 46.6 Å². The van der Waals surface area contributed by atoms with Crippen LogP contribution >= 0.6 is 0 Å². The molecule has 1 heterocycles. The molecule has 0 radical (unpaired) electrons. The van der Waals surface area contributed by atoms with Crippen LogP contribution in [0.5, 0.6) is 46.0 Å². The van der Waals surface area contributed by atoms with Crippen LogP contribution in [0.3, 0.4) is 0 Å². The molecule has 0 aliphatic carbocycles. The van der Waals surface area contributed by atoms with Gasteiger partial charge in [-0.15, -0.1) is 0 Å². The zero-order valence-electron chi connectivity index (χ0n) is 20.9. The minimum absolute atomic E-state index is 0.100. The zero-order chi connectivity index (χ0) is 29.8. The Balaban J connectivity index is 0.000000191. The number of hydrogen-bond donors (Lipinski definition) is 8. The highest BCUT2D eigenvalue weighted by Crippen LogP contribution is 2.37. The molecular formula is C30H22O11. The minimum atomic E-state index is -0.888. The highest BCUT2D eigenvalue weighted by Gasteiger charge is 2.19. The van der Waals surface area contributed by atoms with E-state index in [2.05, 4.69) is 0 Å². The third-order valence-electron chi connectivity index (χ3n) is 5.74. The lowest BCUT2D eigenvalue weighted by molar-refractivity contribution is 0.104. The zero-order valence-corrected chi connectivity index (χ0v) is 20.9. The number of phenols is 7. The van der Waals surface area contributed by atoms with Crippen LogP contribution < -0.4 is 5.43 Å². The quantitative estimate of drug-likeness (QED) is 0.0862. The monoisotopic (exact) mass is 558 g/mol. The smallest absolute Gasteiger partial charge is 0.238 e. The summed E-state index contributed by atoms with van der Waals surface area (Å²) >= 11 is 0. The Morgan fingerprint density at radius 2 is 1.29 bits per heavy atom. The van der Waals surface area contributed by atoms with E-state index < -0.39 is 22.7 Å². The van der Waals surface area contributed by atoms with Gasteiger partial charge >= 0.3 is 0 Å². The summed E-state index contributed by atoms with van der Waals surface area (Å²) < 4.78 is 5.35. The highest BCUT2D eigenvalue weighted by molar-refractivity contribution is 6.08. The summed E-state index contributed by atoms with van der Waals surface area (Å²) in [5, 5.41) is 75.4. The van der Waals surface area contributed by atoms with Gasteiger partial charge in [0, 0.05) is 23.8 Å². The van der Waals surface area contributed by atoms with Gasteiger partial charge in [0.2, 0.25) is 11.2 Å². The van der Waals surface area contributed by atoms with Crippen molar-refractivity contribution in [3.63, 3.8) is 0 Å². The van der Waals surface area contributed by atoms with Crippen molar-refractivity contribution >= 4 is 22.8 Å². The van der Waals surface area contributed by atoms with Crippen molar-refractivity contribution in [2.24, 2.45) is 0 Å². The normalized spacial score (nSPS) is 10.8. The molecule has 8 N–H and O–H groups in total. The van der Waals surface area contributed by atoms with E-state index in [4.69, 9.17) is 14.6 Å². The number of allylic oxidation sites excluding steroid dienone is 1. The number of benzene rings is 4. The summed E-state index contributed by atoms with van der Waals surface area (Å²) in [6.07, 6.45) is 2.90. The first kappa shape index (κ1) is 27.9. The summed E-state index contributed by atoms with van der Waals surface area (Å²) in [6.45, 7) is 0. The second kappa shape index (κ2) is 11.3. The van der Waals surface area contributed by atoms with Crippen molar-refractivity contribution < 1.29 is 50.1 Å². The molecule has 0 aliphatic heterocycles. The number of aromatic hydroxyl groups is 8. The summed E-state index contributed by atoms with van der Waals surface area (Å²) in [4.78, 5) is 24.0. The summed E-state index contributed by atoms with van der Waals surface area (Å²) in [7, 11) is 0. The number of hydrogen-bond acceptors (Lipinski definition) is 11. The molecule has 0 aliphatic rings. The topological polar surface area (TPSA) is 209 Å². The molecule has 0 fully saturated rings. The van der Waals surface area contributed by atoms with Gasteiger partial charge in [0.25, 0.3) is 0 Å². The Labute approximate surface area is 230 Å². The second-order valence-corrected chi connectivity index (χ2v) is 8.64. The Hall–Kier alpha value is -6.10. The predicted molar refractivity (Wildman–Crippen MR) is 147 cm³/mol. The van der Waals surface area contributed by atoms with Gasteiger partial charge in [-0.25, -0.2) is 0 Å². The third kappa shape index (κ3) is 6.15. The molecule has 0 atom stereocenters. The Kier molecular flexibility index (Phi) is 7.72. The van der Waals surface area contributed by atoms with E-state index in [1.165, 1.54) is 36.4 Å². The van der Waals surface area contributed by atoms with Gasteiger partial charge in [0.05, 0.1) is 5.56 Å². The van der Waals surface area contributed by atoms with Crippen LogP contribution in [0.2, 0.25) is 0 Å². The van der Waals surface area contributed by atoms with Gasteiger partial charge in [0.1, 0.15) is 39.7 Å². The van der Waals surface area contributed by atoms with Gasteiger partial charge in [-0.2, -0.15) is 0 Å². The average Bonchev–Trinajstić information content (AvgIpc) is 2.92. The van der Waals surface area contributed by atoms with E-state index in [-0.39, 0.29) is 62.4 Å². The predicted octanol–water partition coefficient (Wildman–Crippen LogP) is 4.69. The molecule has 0 saturated carbocycles. The summed E-state index contributed by atoms with van der Waals surface area (Å²) in [6, 6.07) is 15.8. The molecule has 5 aromatic rings. The largest absolute Gasteiger partial charge is 0.508 e. The van der Waals surface area contributed by atoms with Gasteiger partial charge in [-0.3, -0.25) is 9.59 Å². The molecule has 208 valence electrons. The van der Waals surface area contributed by atoms with E-state index in [0.29, 0.717) is 0 Å². The molecule has 5 rings (SSSR count). The second-order valence-electron chi connectivity index (χ2n) is 8.64. The van der Waals surface area contributed by atoms with Crippen LogP contribution in [0, 0.1) is 0 Å². The fourth-order valence-electron chi connectivity index (χ4n) is 3.71. The van der Waals surface area contributed by atoms with Crippen LogP contribution in [0.25, 0.3) is 28.4 Å². The number of ketones is 1. The highest BCUT2D eigenvalue weighted by atomic mass is 16.4. The lowest BCUT2D eigenvalue weighted by Gasteiger charge is -2.08. The molecular weight excluding hydrogens is 536 g/mol. The molecule has 4 aromatic carbocycles. The molecule has 0 unspecified atom stereocenters. The Bertz CT molecular complexity index is 1850. The summed E-state index contributed by atoms with van der Waals surface area (Å²) in [5.41, 5.74) is -0.0175. The van der Waals surface area contributed by atoms with Crippen LogP contribution in [0.15, 0.2) is 88.1 Å². The fourth-order valence-corrected chi connectivity index (χ4v) is 3.71. The van der Waals surface area contributed by atoms with Crippen molar-refractivity contribution in [1.82, 2.24) is 0 Å². The molecule has 0 spiro atoms. The SMILES string of the molecule is O=C(/C=C/c1ccc(O)cc1)c1ccc(O)cc1O.O=c1c(O)c(-c2ccc(O)c(O)c2)oc2cc(O)cc(O)c12. The standard InChI is InChI=1S/C15H10O7.C15H12O4/c16-7-4-10(19)12-11(5-7)22-15(14(21)13(12)20)6-1-2-8(17)9(18)3-6;16-11-4-1-10(2-5-11)3-8-14(18)13-7-6-12(17)9-15(13)19/h1-5,16-19,21H;1-9,16-17,19H/b;8-3+. The van der Waals surface area contributed by atoms with Gasteiger partial charge in [-0.05, 0) is 54.1 Å². The molecule has 11 heteroatoms. The average molecular weight is 558 g/mol. The Morgan fingerprint density at radius 3 is 1.95 bits per heavy atom. The number of phenolic OH excluding ortho intramolecular Hbond substituents is 7. The number of carbonyl (C=O) groups is 1. The molecule has 41 heavy (non-hydrogen) atoms. The van der Waals surface area contributed by atoms with Crippen molar-refractivity contribution in [2.45, 2.75) is 0 Å². The number of rotatable bonds is 4. The van der Waals surface area contributed by atoms with Crippen LogP contribution in [0.1, 0.15) is 15.9 Å². The van der Waals surface area contributed by atoms with Crippen molar-refractivity contribution in [3.8, 4) is 57.3 Å². The fraction of sp³-hybridized carbons (Fsp3) is 0. The molecule has 0 saturated heterocycles. The molecule has 0 bridgehead atoms. The number of carbonyl (C=O) groups excluding carboxylic acids is 1. The van der Waals surface area contributed by atoms with E-state index in [1.807, 2.05) is 0 Å². The minimum Gasteiger partial charge on any atom is -0.508 e. The third-order valence-corrected chi connectivity index (χ3v) is 5.74. The van der Waals surface area contributed by atoms with Gasteiger partial charge in [-0.1, -0.05) is 18.2 Å². The van der Waals surface area contributed by atoms with Crippen LogP contribution in [0.4, 0.5) is 0 Å². The van der Waals surface area contributed by atoms with E-state index in [9.17, 15) is 40.2 Å². The van der Waals surface area contributed by atoms with Crippen LogP contribution in [-0.2, 0) is 0 Å². The Morgan fingerprint density at radius 1 is 0.634 bits per heavy atom. The molecule has 11 nitrogen and oxygen atoms in total. The van der Waals surface area contributed by atoms with E-state index in [1.54, 1.807) is 18.2 Å². The van der Waals surface area contributed by atoms with E-state index in [0.717, 1.165) is 35.9 Å². The van der Waals surface area contributed by atoms with Gasteiger partial charge < -0.3 is 45.3 Å². The first-order valence-corrected chi connectivity index (χ1v) is 11.7. The summed E-state index contributed by atoms with van der Waals surface area (Å²) in [5.74, 6) is -3.30. The van der Waals surface area contributed by atoms with Crippen molar-refractivity contribution in [1.29, 1.82) is 0 Å². The first-order valence-electron chi connectivity index (χ1n) is 11.7. The lowest BCUT2D eigenvalue weighted by atomic mass is 10.1. The lowest BCUT2D eigenvalue weighted by Crippen LogP contribution is -2.02. The van der Waals surface area contributed by atoms with Crippen molar-refractivity contribution in [2.75, 3.05) is 0 Å². The maximum atomic E-state index is 12.1. The first-order chi connectivity index (χ1) is 19.4. The molecule has 1 aromatic heterocycles. The number of fused-ring (bicyclic) bond motifs is 1. The van der Waals surface area contributed by atoms with Gasteiger partial charge in [0.15, 0.2) is 23.0 Å². The maximum absolute atomic E-state index is 12.1. The maximum Gasteiger partial charge on any atom is 0.238 e. The van der Waals surface area contributed by atoms with E-state index >= 15 is 0 Å².